The van der Waals surface area contributed by atoms with Crippen molar-refractivity contribution in [2.75, 3.05) is 20.0 Å². The summed E-state index contributed by atoms with van der Waals surface area (Å²) >= 11 is 1.28. The van der Waals surface area contributed by atoms with Crippen LogP contribution in [-0.4, -0.2) is 52.4 Å². The zero-order valence-electron chi connectivity index (χ0n) is 20.7. The molecule has 182 valence electrons. The Labute approximate surface area is 205 Å². The van der Waals surface area contributed by atoms with Crippen molar-refractivity contribution in [3.05, 3.63) is 52.8 Å². The first-order valence-electron chi connectivity index (χ1n) is 11.5. The average molecular weight is 484 g/mol. The van der Waals surface area contributed by atoms with Crippen molar-refractivity contribution in [2.24, 2.45) is 0 Å². The third-order valence-corrected chi connectivity index (χ3v) is 7.04. The highest BCUT2D eigenvalue weighted by Gasteiger charge is 2.24. The van der Waals surface area contributed by atoms with Gasteiger partial charge in [-0.1, -0.05) is 37.7 Å². The normalized spacial score (nSPS) is 12.9. The van der Waals surface area contributed by atoms with Crippen LogP contribution >= 0.6 is 11.8 Å². The largest absolute Gasteiger partial charge is 0.493 e. The highest BCUT2D eigenvalue weighted by atomic mass is 32.2. The van der Waals surface area contributed by atoms with Crippen LogP contribution in [0.4, 0.5) is 0 Å². The van der Waals surface area contributed by atoms with Crippen molar-refractivity contribution in [2.45, 2.75) is 57.8 Å². The molecule has 34 heavy (non-hydrogen) atoms. The topological polar surface area (TPSA) is 73.7 Å². The summed E-state index contributed by atoms with van der Waals surface area (Å²) in [5, 5.41) is 0.964. The lowest BCUT2D eigenvalue weighted by molar-refractivity contribution is -0.132. The molecule has 0 fully saturated rings. The van der Waals surface area contributed by atoms with Crippen LogP contribution in [0.1, 0.15) is 40.5 Å². The van der Waals surface area contributed by atoms with Gasteiger partial charge in [-0.05, 0) is 51.0 Å². The summed E-state index contributed by atoms with van der Waals surface area (Å²) in [4.78, 5) is 33.5. The molecule has 1 aromatic heterocycles. The van der Waals surface area contributed by atoms with E-state index < -0.39 is 0 Å². The van der Waals surface area contributed by atoms with Crippen molar-refractivity contribution in [1.82, 2.24) is 14.5 Å². The van der Waals surface area contributed by atoms with E-state index in [1.807, 2.05) is 23.1 Å². The van der Waals surface area contributed by atoms with Gasteiger partial charge in [0.05, 0.1) is 36.6 Å². The quantitative estimate of drug-likeness (QED) is 0.301. The monoisotopic (exact) mass is 483 g/mol. The molecule has 1 heterocycles. The van der Waals surface area contributed by atoms with E-state index in [-0.39, 0.29) is 29.3 Å². The second-order valence-electron chi connectivity index (χ2n) is 8.20. The van der Waals surface area contributed by atoms with E-state index in [9.17, 15) is 9.59 Å². The number of para-hydroxylation sites is 1. The fourth-order valence-corrected chi connectivity index (χ4v) is 4.80. The number of hydrogen-bond acceptors (Lipinski definition) is 6. The van der Waals surface area contributed by atoms with Gasteiger partial charge in [-0.3, -0.25) is 14.2 Å². The van der Waals surface area contributed by atoms with E-state index in [1.54, 1.807) is 43.1 Å². The molecule has 0 aliphatic heterocycles. The standard InChI is InChI=1S/C26H33N3O4S/c1-7-17(3)28(18(4)8-2)24(30)16-34-26-27-21-12-10-9-11-20(21)25(31)29(26)19-13-14-22(32-5)23(15-19)33-6/h9-15,17-18H,7-8,16H2,1-6H3/t17-,18-/m1/s1. The van der Waals surface area contributed by atoms with Crippen LogP contribution in [0.2, 0.25) is 0 Å². The van der Waals surface area contributed by atoms with Gasteiger partial charge in [0.25, 0.3) is 5.56 Å². The molecular formula is C26H33N3O4S. The van der Waals surface area contributed by atoms with Gasteiger partial charge < -0.3 is 14.4 Å². The average Bonchev–Trinajstić information content (AvgIpc) is 2.86. The van der Waals surface area contributed by atoms with Gasteiger partial charge in [0.15, 0.2) is 16.7 Å². The number of rotatable bonds is 10. The third kappa shape index (κ3) is 5.22. The summed E-state index contributed by atoms with van der Waals surface area (Å²) in [7, 11) is 3.12. The number of hydrogen-bond donors (Lipinski definition) is 0. The Bertz CT molecular complexity index is 1200. The number of nitrogens with zero attached hydrogens (tertiary/aromatic N) is 3. The molecule has 0 saturated heterocycles. The van der Waals surface area contributed by atoms with Gasteiger partial charge >= 0.3 is 0 Å². The maximum atomic E-state index is 13.5. The molecule has 0 aliphatic carbocycles. The van der Waals surface area contributed by atoms with Crippen LogP contribution in [0.25, 0.3) is 16.6 Å². The van der Waals surface area contributed by atoms with Gasteiger partial charge in [0, 0.05) is 18.2 Å². The molecular weight excluding hydrogens is 450 g/mol. The van der Waals surface area contributed by atoms with Crippen molar-refractivity contribution in [1.29, 1.82) is 0 Å². The second-order valence-corrected chi connectivity index (χ2v) is 9.14. The number of carbonyl (C=O) groups is 1. The minimum atomic E-state index is -0.200. The molecule has 8 heteroatoms. The molecule has 0 spiro atoms. The van der Waals surface area contributed by atoms with E-state index >= 15 is 0 Å². The summed E-state index contributed by atoms with van der Waals surface area (Å²) in [5.41, 5.74) is 0.991. The number of fused-ring (bicyclic) bond motifs is 1. The Morgan fingerprint density at radius 1 is 1.03 bits per heavy atom. The number of thioether (sulfide) groups is 1. The molecule has 0 bridgehead atoms. The van der Waals surface area contributed by atoms with Gasteiger partial charge in [-0.2, -0.15) is 0 Å². The number of methoxy groups -OCH3 is 2. The lowest BCUT2D eigenvalue weighted by atomic mass is 10.1. The molecule has 0 unspecified atom stereocenters. The molecule has 2 atom stereocenters. The lowest BCUT2D eigenvalue weighted by Gasteiger charge is -2.34. The molecule has 0 aliphatic rings. The van der Waals surface area contributed by atoms with Crippen molar-refractivity contribution in [3.8, 4) is 17.2 Å². The number of aromatic nitrogens is 2. The van der Waals surface area contributed by atoms with Gasteiger partial charge in [0.2, 0.25) is 5.91 Å². The lowest BCUT2D eigenvalue weighted by Crippen LogP contribution is -2.45. The minimum Gasteiger partial charge on any atom is -0.493 e. The predicted molar refractivity (Wildman–Crippen MR) is 138 cm³/mol. The van der Waals surface area contributed by atoms with Crippen LogP contribution in [0.5, 0.6) is 11.5 Å². The van der Waals surface area contributed by atoms with Gasteiger partial charge in [0.1, 0.15) is 0 Å². The molecule has 2 aromatic carbocycles. The number of amides is 1. The fraction of sp³-hybridized carbons (Fsp3) is 0.423. The highest BCUT2D eigenvalue weighted by Crippen LogP contribution is 2.31. The highest BCUT2D eigenvalue weighted by molar-refractivity contribution is 7.99. The Morgan fingerprint density at radius 2 is 1.68 bits per heavy atom. The third-order valence-electron chi connectivity index (χ3n) is 6.11. The summed E-state index contributed by atoms with van der Waals surface area (Å²) in [6.45, 7) is 8.31. The first kappa shape index (κ1) is 25.6. The van der Waals surface area contributed by atoms with E-state index in [0.717, 1.165) is 12.8 Å². The summed E-state index contributed by atoms with van der Waals surface area (Å²) < 4.78 is 12.3. The molecule has 1 amide bonds. The van der Waals surface area contributed by atoms with Gasteiger partial charge in [-0.15, -0.1) is 0 Å². The summed E-state index contributed by atoms with van der Waals surface area (Å²) in [6, 6.07) is 12.8. The Morgan fingerprint density at radius 3 is 2.29 bits per heavy atom. The molecule has 3 rings (SSSR count). The minimum absolute atomic E-state index is 0.0370. The van der Waals surface area contributed by atoms with E-state index in [4.69, 9.17) is 14.5 Å². The molecule has 3 aromatic rings. The first-order valence-corrected chi connectivity index (χ1v) is 12.5. The number of carbonyl (C=O) groups excluding carboxylic acids is 1. The number of ether oxygens (including phenoxy) is 2. The maximum absolute atomic E-state index is 13.5. The molecule has 0 radical (unpaired) electrons. The van der Waals surface area contributed by atoms with Crippen molar-refractivity contribution >= 4 is 28.6 Å². The van der Waals surface area contributed by atoms with Crippen molar-refractivity contribution in [3.63, 3.8) is 0 Å². The van der Waals surface area contributed by atoms with E-state index in [2.05, 4.69) is 27.7 Å². The first-order chi connectivity index (χ1) is 16.4. The Balaban J connectivity index is 2.07. The second kappa shape index (κ2) is 11.4. The zero-order valence-corrected chi connectivity index (χ0v) is 21.5. The number of benzene rings is 2. The van der Waals surface area contributed by atoms with Gasteiger partial charge in [-0.25, -0.2) is 4.98 Å². The SMILES string of the molecule is CC[C@@H](C)N(C(=O)CSc1nc2ccccc2c(=O)n1-c1ccc(OC)c(OC)c1)[C@H](C)CC. The van der Waals surface area contributed by atoms with Crippen LogP contribution in [0.15, 0.2) is 52.4 Å². The van der Waals surface area contributed by atoms with E-state index in [0.29, 0.717) is 33.2 Å². The summed E-state index contributed by atoms with van der Waals surface area (Å²) in [6.07, 6.45) is 1.76. The summed E-state index contributed by atoms with van der Waals surface area (Å²) in [5.74, 6) is 1.30. The van der Waals surface area contributed by atoms with Crippen LogP contribution in [0, 0.1) is 0 Å². The molecule has 7 nitrogen and oxygen atoms in total. The van der Waals surface area contributed by atoms with Crippen LogP contribution in [0.3, 0.4) is 0 Å². The predicted octanol–water partition coefficient (Wildman–Crippen LogP) is 4.92. The maximum Gasteiger partial charge on any atom is 0.266 e. The Hall–Kier alpha value is -3.00. The molecule has 0 saturated carbocycles. The smallest absolute Gasteiger partial charge is 0.266 e. The zero-order chi connectivity index (χ0) is 24.8. The van der Waals surface area contributed by atoms with Crippen LogP contribution in [-0.2, 0) is 4.79 Å². The van der Waals surface area contributed by atoms with E-state index in [1.165, 1.54) is 11.8 Å². The van der Waals surface area contributed by atoms with Crippen molar-refractivity contribution < 1.29 is 14.3 Å². The van der Waals surface area contributed by atoms with Crippen LogP contribution < -0.4 is 15.0 Å². The molecule has 0 N–H and O–H groups in total. The Kier molecular flexibility index (Phi) is 8.61. The fourth-order valence-electron chi connectivity index (χ4n) is 3.92.